The highest BCUT2D eigenvalue weighted by atomic mass is 79.9. The third-order valence-corrected chi connectivity index (χ3v) is 3.65. The van der Waals surface area contributed by atoms with Crippen LogP contribution in [0, 0.1) is 0 Å². The molecule has 1 aromatic rings. The van der Waals surface area contributed by atoms with E-state index in [-0.39, 0.29) is 17.4 Å². The van der Waals surface area contributed by atoms with Crippen molar-refractivity contribution in [1.82, 2.24) is 0 Å². The number of ketones is 1. The average molecular weight is 316 g/mol. The molecule has 5 nitrogen and oxygen atoms in total. The van der Waals surface area contributed by atoms with Crippen LogP contribution in [0.2, 0.25) is 0 Å². The number of Topliss-reactive ketones (excluding diaryl/α,β-unsaturated/α-hetero) is 1. The summed E-state index contributed by atoms with van der Waals surface area (Å²) in [6.45, 7) is 0.569. The summed E-state index contributed by atoms with van der Waals surface area (Å²) >= 11 is 3.34. The zero-order valence-electron chi connectivity index (χ0n) is 9.64. The highest BCUT2D eigenvalue weighted by molar-refractivity contribution is 9.10. The molecule has 1 aliphatic rings. The van der Waals surface area contributed by atoms with Gasteiger partial charge < -0.3 is 20.2 Å². The smallest absolute Gasteiger partial charge is 0.191 e. The van der Waals surface area contributed by atoms with E-state index in [4.69, 9.17) is 5.11 Å². The van der Waals surface area contributed by atoms with Crippen LogP contribution in [0.4, 0.5) is 5.69 Å². The summed E-state index contributed by atoms with van der Waals surface area (Å²) < 4.78 is 0.659. The number of β-amino-alcohol motifs (C(OH)–C–C–N with tert-alkyl or cyclic N) is 1. The molecule has 1 fully saturated rings. The first kappa shape index (κ1) is 13.3. The molecule has 98 valence electrons. The molecule has 6 heteroatoms. The van der Waals surface area contributed by atoms with E-state index in [1.807, 2.05) is 4.90 Å². The summed E-state index contributed by atoms with van der Waals surface area (Å²) in [6.07, 6.45) is 0.322. The minimum absolute atomic E-state index is 0.0906. The van der Waals surface area contributed by atoms with E-state index in [2.05, 4.69) is 15.9 Å². The Bertz CT molecular complexity index is 477. The van der Waals surface area contributed by atoms with Gasteiger partial charge in [0.25, 0.3) is 0 Å². The number of halogens is 1. The van der Waals surface area contributed by atoms with Gasteiger partial charge in [0.1, 0.15) is 12.4 Å². The maximum Gasteiger partial charge on any atom is 0.191 e. The van der Waals surface area contributed by atoms with Gasteiger partial charge in [-0.3, -0.25) is 4.79 Å². The lowest BCUT2D eigenvalue weighted by Gasteiger charge is -2.20. The Labute approximate surface area is 113 Å². The Morgan fingerprint density at radius 2 is 2.22 bits per heavy atom. The molecule has 1 saturated heterocycles. The number of nitrogens with zero attached hydrogens (tertiary/aromatic N) is 1. The van der Waals surface area contributed by atoms with Crippen LogP contribution < -0.4 is 4.90 Å². The van der Waals surface area contributed by atoms with Gasteiger partial charge in [0.15, 0.2) is 5.78 Å². The number of phenols is 1. The molecule has 0 aromatic heterocycles. The molecule has 0 amide bonds. The number of phenolic OH excluding ortho intramolecular Hbond substituents is 1. The third kappa shape index (κ3) is 2.50. The van der Waals surface area contributed by atoms with Gasteiger partial charge in [0.05, 0.1) is 17.4 Å². The summed E-state index contributed by atoms with van der Waals surface area (Å²) in [7, 11) is 0. The van der Waals surface area contributed by atoms with Crippen LogP contribution in [0.1, 0.15) is 16.8 Å². The van der Waals surface area contributed by atoms with E-state index in [1.165, 1.54) is 12.1 Å². The number of rotatable bonds is 3. The topological polar surface area (TPSA) is 81.0 Å². The maximum absolute atomic E-state index is 11.4. The number of hydrogen-bond acceptors (Lipinski definition) is 5. The molecule has 1 heterocycles. The first-order valence-corrected chi connectivity index (χ1v) is 6.41. The second kappa shape index (κ2) is 5.26. The van der Waals surface area contributed by atoms with Gasteiger partial charge in [-0.2, -0.15) is 0 Å². The zero-order valence-corrected chi connectivity index (χ0v) is 11.2. The largest absolute Gasteiger partial charge is 0.507 e. The van der Waals surface area contributed by atoms with E-state index in [1.54, 1.807) is 0 Å². The Kier molecular flexibility index (Phi) is 3.89. The highest BCUT2D eigenvalue weighted by Crippen LogP contribution is 2.35. The fourth-order valence-corrected chi connectivity index (χ4v) is 2.66. The van der Waals surface area contributed by atoms with Crippen molar-refractivity contribution >= 4 is 27.4 Å². The summed E-state index contributed by atoms with van der Waals surface area (Å²) in [5.74, 6) is -0.685. The molecule has 1 aromatic carbocycles. The monoisotopic (exact) mass is 315 g/mol. The molecule has 1 aliphatic heterocycles. The highest BCUT2D eigenvalue weighted by Gasteiger charge is 2.23. The van der Waals surface area contributed by atoms with E-state index in [0.29, 0.717) is 24.0 Å². The molecule has 1 atom stereocenters. The van der Waals surface area contributed by atoms with Crippen LogP contribution in [0.3, 0.4) is 0 Å². The molecule has 0 bridgehead atoms. The van der Waals surface area contributed by atoms with Gasteiger partial charge in [-0.1, -0.05) is 0 Å². The molecule has 0 aliphatic carbocycles. The van der Waals surface area contributed by atoms with Gasteiger partial charge >= 0.3 is 0 Å². The number of aliphatic hydroxyl groups is 2. The van der Waals surface area contributed by atoms with Gasteiger partial charge in [-0.15, -0.1) is 0 Å². The number of carbonyl (C=O) groups is 1. The van der Waals surface area contributed by atoms with Gasteiger partial charge in [0, 0.05) is 23.6 Å². The minimum Gasteiger partial charge on any atom is -0.507 e. The zero-order chi connectivity index (χ0) is 13.3. The fraction of sp³-hybridized carbons (Fsp3) is 0.417. The minimum atomic E-state index is -0.637. The Balaban J connectivity index is 2.34. The molecule has 0 spiro atoms. The maximum atomic E-state index is 11.4. The third-order valence-electron chi connectivity index (χ3n) is 3.01. The lowest BCUT2D eigenvalue weighted by Crippen LogP contribution is -2.21. The van der Waals surface area contributed by atoms with Gasteiger partial charge in [-0.05, 0) is 28.4 Å². The average Bonchev–Trinajstić information content (AvgIpc) is 2.77. The molecule has 0 saturated carbocycles. The number of aromatic hydroxyl groups is 1. The van der Waals surface area contributed by atoms with Crippen molar-refractivity contribution in [3.05, 3.63) is 22.2 Å². The van der Waals surface area contributed by atoms with E-state index >= 15 is 0 Å². The number of anilines is 1. The van der Waals surface area contributed by atoms with Crippen LogP contribution in [-0.2, 0) is 0 Å². The van der Waals surface area contributed by atoms with Gasteiger partial charge in [-0.25, -0.2) is 0 Å². The first-order chi connectivity index (χ1) is 8.52. The van der Waals surface area contributed by atoms with E-state index in [9.17, 15) is 15.0 Å². The van der Waals surface area contributed by atoms with Crippen molar-refractivity contribution in [1.29, 1.82) is 0 Å². The summed E-state index contributed by atoms with van der Waals surface area (Å²) in [6, 6.07) is 2.97. The Morgan fingerprint density at radius 1 is 1.50 bits per heavy atom. The summed E-state index contributed by atoms with van der Waals surface area (Å²) in [5.41, 5.74) is 0.825. The van der Waals surface area contributed by atoms with Crippen molar-refractivity contribution in [3.8, 4) is 5.75 Å². The number of carbonyl (C=O) groups excluding carboxylic acids is 1. The number of aliphatic hydroxyl groups excluding tert-OH is 2. The lowest BCUT2D eigenvalue weighted by atomic mass is 10.1. The summed E-state index contributed by atoms with van der Waals surface area (Å²) in [5, 5.41) is 28.1. The number of hydrogen-bond donors (Lipinski definition) is 3. The molecule has 0 unspecified atom stereocenters. The predicted molar refractivity (Wildman–Crippen MR) is 70.1 cm³/mol. The van der Waals surface area contributed by atoms with Crippen LogP contribution in [0.5, 0.6) is 5.75 Å². The van der Waals surface area contributed by atoms with E-state index < -0.39 is 12.4 Å². The van der Waals surface area contributed by atoms with Crippen molar-refractivity contribution in [2.24, 2.45) is 0 Å². The normalized spacial score (nSPS) is 19.3. The predicted octanol–water partition coefficient (Wildman–Crippen LogP) is 0.901. The van der Waals surface area contributed by atoms with Crippen molar-refractivity contribution in [2.75, 3.05) is 24.6 Å². The molecular weight excluding hydrogens is 302 g/mol. The second-order valence-corrected chi connectivity index (χ2v) is 5.14. The Morgan fingerprint density at radius 3 is 2.78 bits per heavy atom. The molecule has 18 heavy (non-hydrogen) atoms. The first-order valence-electron chi connectivity index (χ1n) is 5.62. The van der Waals surface area contributed by atoms with Crippen LogP contribution in [-0.4, -0.2) is 46.9 Å². The van der Waals surface area contributed by atoms with Crippen LogP contribution in [0.25, 0.3) is 0 Å². The molecule has 0 radical (unpaired) electrons. The van der Waals surface area contributed by atoms with Crippen molar-refractivity contribution < 1.29 is 20.1 Å². The van der Waals surface area contributed by atoms with Gasteiger partial charge in [0.2, 0.25) is 0 Å². The van der Waals surface area contributed by atoms with Crippen molar-refractivity contribution in [2.45, 2.75) is 12.5 Å². The Hall–Kier alpha value is -1.11. The second-order valence-electron chi connectivity index (χ2n) is 4.29. The quantitative estimate of drug-likeness (QED) is 0.722. The summed E-state index contributed by atoms with van der Waals surface area (Å²) in [4.78, 5) is 13.3. The van der Waals surface area contributed by atoms with Crippen LogP contribution >= 0.6 is 15.9 Å². The van der Waals surface area contributed by atoms with Crippen molar-refractivity contribution in [3.63, 3.8) is 0 Å². The van der Waals surface area contributed by atoms with E-state index in [0.717, 1.165) is 5.69 Å². The fourth-order valence-electron chi connectivity index (χ4n) is 2.06. The molecular formula is C12H14BrNO4. The molecule has 2 rings (SSSR count). The lowest BCUT2D eigenvalue weighted by molar-refractivity contribution is 0.0901. The standard InChI is InChI=1S/C12H14BrNO4/c13-9-3-8(12(18)6-15)11(17)4-10(9)14-2-1-7(16)5-14/h3-4,7,15-17H,1-2,5-6H2/t7-/m1/s1. The van der Waals surface area contributed by atoms with Crippen LogP contribution in [0.15, 0.2) is 16.6 Å². The SMILES string of the molecule is O=C(CO)c1cc(Br)c(N2CC[C@@H](O)C2)cc1O. The number of benzene rings is 1. The molecule has 3 N–H and O–H groups in total.